The number of aliphatic hydroxyl groups excluding tert-OH is 1. The van der Waals surface area contributed by atoms with Crippen molar-refractivity contribution in [3.63, 3.8) is 0 Å². The van der Waals surface area contributed by atoms with Crippen molar-refractivity contribution in [3.05, 3.63) is 24.2 Å². The minimum Gasteiger partial charge on any atom is -0.479 e. The van der Waals surface area contributed by atoms with Crippen molar-refractivity contribution in [2.24, 2.45) is 0 Å². The van der Waals surface area contributed by atoms with Crippen LogP contribution in [0, 0.1) is 0 Å². The number of carbonyl (C=O) groups is 2. The molecule has 0 radical (unpaired) electrons. The van der Waals surface area contributed by atoms with Gasteiger partial charge < -0.3 is 24.8 Å². The predicted molar refractivity (Wildman–Crippen MR) is 61.8 cm³/mol. The molecule has 100 valence electrons. The Kier molecular flexibility index (Phi) is 5.19. The van der Waals surface area contributed by atoms with Crippen LogP contribution in [0.3, 0.4) is 0 Å². The molecule has 1 rings (SSSR count). The summed E-state index contributed by atoms with van der Waals surface area (Å²) in [5.74, 6) is -1.30. The van der Waals surface area contributed by atoms with Gasteiger partial charge in [-0.1, -0.05) is 0 Å². The molecule has 2 amide bonds. The van der Waals surface area contributed by atoms with Crippen LogP contribution in [-0.2, 0) is 11.3 Å². The van der Waals surface area contributed by atoms with Gasteiger partial charge in [-0.15, -0.1) is 0 Å². The Bertz CT molecular complexity index is 390. The molecule has 7 nitrogen and oxygen atoms in total. The summed E-state index contributed by atoms with van der Waals surface area (Å²) in [4.78, 5) is 23.3. The van der Waals surface area contributed by atoms with Crippen LogP contribution in [0.25, 0.3) is 0 Å². The molecule has 0 aliphatic rings. The fraction of sp³-hybridized carbons (Fsp3) is 0.455. The van der Waals surface area contributed by atoms with Gasteiger partial charge in [0.2, 0.25) is 0 Å². The predicted octanol–water partition coefficient (Wildman–Crippen LogP) is 0.257. The molecule has 0 fully saturated rings. The average Bonchev–Trinajstić information content (AvgIpc) is 2.81. The largest absolute Gasteiger partial charge is 0.479 e. The van der Waals surface area contributed by atoms with Crippen LogP contribution in [0.1, 0.15) is 12.0 Å². The summed E-state index contributed by atoms with van der Waals surface area (Å²) < 4.78 is 4.88. The molecule has 7 heteroatoms. The lowest BCUT2D eigenvalue weighted by molar-refractivity contribution is -0.146. The number of hydrogen-bond donors (Lipinski definition) is 3. The van der Waals surface area contributed by atoms with Crippen molar-refractivity contribution >= 4 is 12.0 Å². The Balaban J connectivity index is 2.26. The first-order valence-electron chi connectivity index (χ1n) is 5.41. The highest BCUT2D eigenvalue weighted by Crippen LogP contribution is 2.03. The molecule has 0 aliphatic carbocycles. The highest BCUT2D eigenvalue weighted by Gasteiger charge is 2.14. The quantitative estimate of drug-likeness (QED) is 0.677. The van der Waals surface area contributed by atoms with Crippen molar-refractivity contribution in [3.8, 4) is 0 Å². The maximum atomic E-state index is 11.6. The number of amides is 2. The SMILES string of the molecule is CN(Cc1ccoc1)C(=O)NCCC(O)C(=O)O. The standard InChI is InChI=1S/C11H16N2O5/c1-13(6-8-3-5-18-7-8)11(17)12-4-2-9(14)10(15)16/h3,5,7,9,14H,2,4,6H2,1H3,(H,12,17)(H,15,16). The van der Waals surface area contributed by atoms with E-state index in [9.17, 15) is 9.59 Å². The number of aliphatic hydroxyl groups is 1. The summed E-state index contributed by atoms with van der Waals surface area (Å²) in [6.07, 6.45) is 1.58. The Morgan fingerprint density at radius 3 is 2.83 bits per heavy atom. The molecule has 0 bridgehead atoms. The molecule has 0 spiro atoms. The zero-order chi connectivity index (χ0) is 13.5. The molecule has 0 aromatic carbocycles. The maximum absolute atomic E-state index is 11.6. The van der Waals surface area contributed by atoms with Gasteiger partial charge in [-0.3, -0.25) is 0 Å². The van der Waals surface area contributed by atoms with Crippen LogP contribution in [0.5, 0.6) is 0 Å². The first-order chi connectivity index (χ1) is 8.50. The maximum Gasteiger partial charge on any atom is 0.332 e. The lowest BCUT2D eigenvalue weighted by Crippen LogP contribution is -2.38. The molecule has 0 aliphatic heterocycles. The molecular weight excluding hydrogens is 240 g/mol. The van der Waals surface area contributed by atoms with Crippen LogP contribution in [0.4, 0.5) is 4.79 Å². The number of carbonyl (C=O) groups excluding carboxylic acids is 1. The highest BCUT2D eigenvalue weighted by molar-refractivity contribution is 5.74. The normalized spacial score (nSPS) is 11.9. The third kappa shape index (κ3) is 4.46. The van der Waals surface area contributed by atoms with E-state index in [-0.39, 0.29) is 19.0 Å². The van der Waals surface area contributed by atoms with Gasteiger partial charge >= 0.3 is 12.0 Å². The van der Waals surface area contributed by atoms with Crippen LogP contribution in [0.15, 0.2) is 23.0 Å². The zero-order valence-electron chi connectivity index (χ0n) is 10.00. The van der Waals surface area contributed by atoms with Crippen molar-refractivity contribution in [1.29, 1.82) is 0 Å². The van der Waals surface area contributed by atoms with E-state index in [0.29, 0.717) is 6.54 Å². The van der Waals surface area contributed by atoms with Crippen LogP contribution in [-0.4, -0.2) is 46.8 Å². The molecule has 1 aromatic rings. The number of nitrogens with one attached hydrogen (secondary N) is 1. The molecule has 1 heterocycles. The number of urea groups is 1. The zero-order valence-corrected chi connectivity index (χ0v) is 10.00. The van der Waals surface area contributed by atoms with E-state index in [1.807, 2.05) is 0 Å². The molecule has 18 heavy (non-hydrogen) atoms. The lowest BCUT2D eigenvalue weighted by Gasteiger charge is -2.17. The van der Waals surface area contributed by atoms with Crippen molar-refractivity contribution in [2.45, 2.75) is 19.1 Å². The first-order valence-corrected chi connectivity index (χ1v) is 5.41. The topological polar surface area (TPSA) is 103 Å². The van der Waals surface area contributed by atoms with Gasteiger partial charge in [0.05, 0.1) is 19.1 Å². The van der Waals surface area contributed by atoms with Crippen LogP contribution >= 0.6 is 0 Å². The summed E-state index contributed by atoms with van der Waals surface area (Å²) in [7, 11) is 1.61. The fourth-order valence-corrected chi connectivity index (χ4v) is 1.30. The number of aliphatic carboxylic acids is 1. The Hall–Kier alpha value is -2.02. The summed E-state index contributed by atoms with van der Waals surface area (Å²) in [5, 5.41) is 20.0. The smallest absolute Gasteiger partial charge is 0.332 e. The third-order valence-electron chi connectivity index (χ3n) is 2.33. The van der Waals surface area contributed by atoms with E-state index in [1.165, 1.54) is 17.4 Å². The van der Waals surface area contributed by atoms with Crippen molar-refractivity contribution in [2.75, 3.05) is 13.6 Å². The number of carboxylic acid groups (broad SMARTS) is 1. The second-order valence-corrected chi connectivity index (χ2v) is 3.86. The van der Waals surface area contributed by atoms with Gasteiger partial charge in [0.15, 0.2) is 6.10 Å². The number of carboxylic acids is 1. The van der Waals surface area contributed by atoms with Gasteiger partial charge in [-0.25, -0.2) is 9.59 Å². The lowest BCUT2D eigenvalue weighted by atomic mass is 10.2. The fourth-order valence-electron chi connectivity index (χ4n) is 1.30. The molecule has 1 atom stereocenters. The monoisotopic (exact) mass is 256 g/mol. The van der Waals surface area contributed by atoms with Crippen LogP contribution in [0.2, 0.25) is 0 Å². The molecule has 1 aromatic heterocycles. The molecule has 1 unspecified atom stereocenters. The van der Waals surface area contributed by atoms with E-state index in [4.69, 9.17) is 14.6 Å². The summed E-state index contributed by atoms with van der Waals surface area (Å²) in [5.41, 5.74) is 0.859. The number of rotatable bonds is 6. The van der Waals surface area contributed by atoms with E-state index in [2.05, 4.69) is 5.32 Å². The highest BCUT2D eigenvalue weighted by atomic mass is 16.4. The number of hydrogen-bond acceptors (Lipinski definition) is 4. The first kappa shape index (κ1) is 14.0. The number of nitrogens with zero attached hydrogens (tertiary/aromatic N) is 1. The molecule has 3 N–H and O–H groups in total. The van der Waals surface area contributed by atoms with Gasteiger partial charge in [0.25, 0.3) is 0 Å². The molecular formula is C11H16N2O5. The van der Waals surface area contributed by atoms with Crippen molar-refractivity contribution in [1.82, 2.24) is 10.2 Å². The van der Waals surface area contributed by atoms with Crippen molar-refractivity contribution < 1.29 is 24.2 Å². The minimum atomic E-state index is -1.45. The third-order valence-corrected chi connectivity index (χ3v) is 2.33. The molecule has 0 saturated carbocycles. The number of furan rings is 1. The van der Waals surface area contributed by atoms with Gasteiger partial charge in [0.1, 0.15) is 0 Å². The van der Waals surface area contributed by atoms with Gasteiger partial charge in [-0.05, 0) is 6.07 Å². The van der Waals surface area contributed by atoms with E-state index in [1.54, 1.807) is 13.1 Å². The summed E-state index contributed by atoms with van der Waals surface area (Å²) in [6, 6.07) is 1.41. The summed E-state index contributed by atoms with van der Waals surface area (Å²) >= 11 is 0. The summed E-state index contributed by atoms with van der Waals surface area (Å²) in [6.45, 7) is 0.492. The molecule has 0 saturated heterocycles. The second kappa shape index (κ2) is 6.65. The minimum absolute atomic E-state index is 0.0272. The average molecular weight is 256 g/mol. The van der Waals surface area contributed by atoms with Gasteiger partial charge in [0, 0.05) is 25.6 Å². The Morgan fingerprint density at radius 1 is 1.56 bits per heavy atom. The van der Waals surface area contributed by atoms with Gasteiger partial charge in [-0.2, -0.15) is 0 Å². The second-order valence-electron chi connectivity index (χ2n) is 3.86. The van der Waals surface area contributed by atoms with E-state index in [0.717, 1.165) is 5.56 Å². The van der Waals surface area contributed by atoms with E-state index < -0.39 is 12.1 Å². The Morgan fingerprint density at radius 2 is 2.28 bits per heavy atom. The van der Waals surface area contributed by atoms with E-state index >= 15 is 0 Å². The Labute approximate surface area is 104 Å². The van der Waals surface area contributed by atoms with Crippen LogP contribution < -0.4 is 5.32 Å².